The number of likely N-dealkylation sites (N-methyl/N-ethyl adjacent to an activating group) is 1. The first-order valence-corrected chi connectivity index (χ1v) is 8.59. The number of nitrogens with zero attached hydrogens (tertiary/aromatic N) is 4. The topological polar surface area (TPSA) is 70.8 Å². The molecule has 0 saturated carbocycles. The summed E-state index contributed by atoms with van der Waals surface area (Å²) < 4.78 is 14.0. The van der Waals surface area contributed by atoms with Crippen molar-refractivity contribution < 1.29 is 14.3 Å². The van der Waals surface area contributed by atoms with Crippen LogP contribution in [0.15, 0.2) is 18.2 Å². The summed E-state index contributed by atoms with van der Waals surface area (Å²) in [6.07, 6.45) is 0. The van der Waals surface area contributed by atoms with E-state index in [9.17, 15) is 9.18 Å². The van der Waals surface area contributed by atoms with E-state index in [0.29, 0.717) is 25.2 Å². The van der Waals surface area contributed by atoms with Crippen LogP contribution in [0.25, 0.3) is 0 Å². The molecule has 0 atom stereocenters. The second-order valence-corrected chi connectivity index (χ2v) is 6.17. The Morgan fingerprint density at radius 1 is 1.32 bits per heavy atom. The first-order valence-electron chi connectivity index (χ1n) is 8.59. The van der Waals surface area contributed by atoms with Crippen molar-refractivity contribution in [1.82, 2.24) is 14.7 Å². The maximum absolute atomic E-state index is 14.0. The van der Waals surface area contributed by atoms with Crippen molar-refractivity contribution in [2.24, 2.45) is 0 Å². The molecule has 1 amide bonds. The Kier molecular flexibility index (Phi) is 7.31. The predicted molar refractivity (Wildman–Crippen MR) is 92.2 cm³/mol. The zero-order valence-corrected chi connectivity index (χ0v) is 14.6. The van der Waals surface area contributed by atoms with Crippen LogP contribution in [-0.4, -0.2) is 78.1 Å². The highest BCUT2D eigenvalue weighted by Crippen LogP contribution is 2.13. The lowest BCUT2D eigenvalue weighted by Crippen LogP contribution is -2.50. The number of piperazine rings is 1. The predicted octanol–water partition coefficient (Wildman–Crippen LogP) is 0.656. The van der Waals surface area contributed by atoms with Gasteiger partial charge in [0.2, 0.25) is 5.91 Å². The Hall–Kier alpha value is -2.01. The Morgan fingerprint density at radius 3 is 2.56 bits per heavy atom. The lowest BCUT2D eigenvalue weighted by molar-refractivity contribution is -0.133. The highest BCUT2D eigenvalue weighted by molar-refractivity contribution is 5.78. The molecule has 0 spiro atoms. The molecule has 1 aromatic carbocycles. The maximum Gasteiger partial charge on any atom is 0.237 e. The largest absolute Gasteiger partial charge is 0.395 e. The quantitative estimate of drug-likeness (QED) is 0.784. The molecular formula is C18H25FN4O2. The van der Waals surface area contributed by atoms with E-state index >= 15 is 0 Å². The van der Waals surface area contributed by atoms with Gasteiger partial charge in [0.15, 0.2) is 0 Å². The SMILES string of the molecule is CCN(Cc1ccc(C#N)cc1F)C(=O)CN1CCN(CCO)CC1. The number of carbonyl (C=O) groups is 1. The molecule has 0 aliphatic carbocycles. The number of halogens is 1. The number of amides is 1. The molecule has 6 nitrogen and oxygen atoms in total. The molecule has 1 fully saturated rings. The van der Waals surface area contributed by atoms with Crippen molar-refractivity contribution in [2.45, 2.75) is 13.5 Å². The van der Waals surface area contributed by atoms with Crippen LogP contribution in [0.5, 0.6) is 0 Å². The van der Waals surface area contributed by atoms with Gasteiger partial charge in [-0.2, -0.15) is 5.26 Å². The lowest BCUT2D eigenvalue weighted by atomic mass is 10.1. The lowest BCUT2D eigenvalue weighted by Gasteiger charge is -2.35. The van der Waals surface area contributed by atoms with Crippen molar-refractivity contribution in [3.05, 3.63) is 35.1 Å². The number of carbonyl (C=O) groups excluding carboxylic acids is 1. The second-order valence-electron chi connectivity index (χ2n) is 6.17. The minimum atomic E-state index is -0.456. The van der Waals surface area contributed by atoms with E-state index in [0.717, 1.165) is 26.2 Å². The Morgan fingerprint density at radius 2 is 2.00 bits per heavy atom. The number of nitriles is 1. The third-order valence-electron chi connectivity index (χ3n) is 4.52. The van der Waals surface area contributed by atoms with E-state index in [1.807, 2.05) is 13.0 Å². The Bertz CT molecular complexity index is 624. The summed E-state index contributed by atoms with van der Waals surface area (Å²) in [6, 6.07) is 6.24. The van der Waals surface area contributed by atoms with Crippen molar-refractivity contribution in [2.75, 3.05) is 52.4 Å². The van der Waals surface area contributed by atoms with Crippen LogP contribution in [0, 0.1) is 17.1 Å². The molecule has 136 valence electrons. The van der Waals surface area contributed by atoms with E-state index in [1.165, 1.54) is 6.07 Å². The Balaban J connectivity index is 1.90. The molecule has 2 rings (SSSR count). The van der Waals surface area contributed by atoms with Crippen molar-refractivity contribution >= 4 is 5.91 Å². The van der Waals surface area contributed by atoms with Crippen molar-refractivity contribution in [3.63, 3.8) is 0 Å². The molecule has 1 aliphatic rings. The Labute approximate surface area is 148 Å². The summed E-state index contributed by atoms with van der Waals surface area (Å²) in [6.45, 7) is 6.97. The van der Waals surface area contributed by atoms with Crippen LogP contribution in [0.2, 0.25) is 0 Å². The molecule has 25 heavy (non-hydrogen) atoms. The van der Waals surface area contributed by atoms with Gasteiger partial charge in [0.25, 0.3) is 0 Å². The molecule has 1 N–H and O–H groups in total. The summed E-state index contributed by atoms with van der Waals surface area (Å²) in [4.78, 5) is 18.4. The number of hydrogen-bond donors (Lipinski definition) is 1. The normalized spacial score (nSPS) is 15.8. The van der Waals surface area contributed by atoms with Crippen LogP contribution < -0.4 is 0 Å². The minimum Gasteiger partial charge on any atom is -0.395 e. The molecule has 0 aromatic heterocycles. The molecule has 0 radical (unpaired) electrons. The standard InChI is InChI=1S/C18H25FN4O2/c1-2-23(13-16-4-3-15(12-20)11-17(16)19)18(25)14-22-7-5-21(6-8-22)9-10-24/h3-4,11,24H,2,5-10,13-14H2,1H3. The summed E-state index contributed by atoms with van der Waals surface area (Å²) in [5.74, 6) is -0.482. The van der Waals surface area contributed by atoms with Crippen molar-refractivity contribution in [1.29, 1.82) is 5.26 Å². The summed E-state index contributed by atoms with van der Waals surface area (Å²) >= 11 is 0. The molecule has 1 aromatic rings. The van der Waals surface area contributed by atoms with Gasteiger partial charge in [0, 0.05) is 51.4 Å². The van der Waals surface area contributed by atoms with Gasteiger partial charge in [-0.25, -0.2) is 4.39 Å². The number of aliphatic hydroxyl groups is 1. The summed E-state index contributed by atoms with van der Waals surface area (Å²) in [5, 5.41) is 17.8. The van der Waals surface area contributed by atoms with Crippen LogP contribution in [0.4, 0.5) is 4.39 Å². The fourth-order valence-electron chi connectivity index (χ4n) is 2.93. The average molecular weight is 348 g/mol. The van der Waals surface area contributed by atoms with Gasteiger partial charge in [0.1, 0.15) is 5.82 Å². The third kappa shape index (κ3) is 5.49. The third-order valence-corrected chi connectivity index (χ3v) is 4.52. The molecule has 0 unspecified atom stereocenters. The molecular weight excluding hydrogens is 323 g/mol. The van der Waals surface area contributed by atoms with E-state index < -0.39 is 5.82 Å². The molecule has 7 heteroatoms. The van der Waals surface area contributed by atoms with Gasteiger partial charge in [-0.3, -0.25) is 14.6 Å². The zero-order valence-electron chi connectivity index (χ0n) is 14.6. The molecule has 1 saturated heterocycles. The maximum atomic E-state index is 14.0. The monoisotopic (exact) mass is 348 g/mol. The number of hydrogen-bond acceptors (Lipinski definition) is 5. The highest BCUT2D eigenvalue weighted by atomic mass is 19.1. The molecule has 1 aliphatic heterocycles. The van der Waals surface area contributed by atoms with Crippen LogP contribution in [0.3, 0.4) is 0 Å². The number of β-amino-alcohol motifs (C(OH)–C–C–N with tert-alkyl or cyclic N) is 1. The van der Waals surface area contributed by atoms with Crippen LogP contribution in [0.1, 0.15) is 18.1 Å². The zero-order chi connectivity index (χ0) is 18.2. The fourth-order valence-corrected chi connectivity index (χ4v) is 2.93. The summed E-state index contributed by atoms with van der Waals surface area (Å²) in [7, 11) is 0. The summed E-state index contributed by atoms with van der Waals surface area (Å²) in [5.41, 5.74) is 0.693. The van der Waals surface area contributed by atoms with Gasteiger partial charge in [-0.15, -0.1) is 0 Å². The van der Waals surface area contributed by atoms with Crippen molar-refractivity contribution in [3.8, 4) is 6.07 Å². The smallest absolute Gasteiger partial charge is 0.237 e. The molecule has 0 bridgehead atoms. The van der Waals surface area contributed by atoms with Crippen LogP contribution >= 0.6 is 0 Å². The van der Waals surface area contributed by atoms with E-state index in [-0.39, 0.29) is 24.6 Å². The van der Waals surface area contributed by atoms with E-state index in [4.69, 9.17) is 10.4 Å². The number of aliphatic hydroxyl groups excluding tert-OH is 1. The molecule has 1 heterocycles. The van der Waals surface area contributed by atoms with E-state index in [2.05, 4.69) is 9.80 Å². The fraction of sp³-hybridized carbons (Fsp3) is 0.556. The first kappa shape index (κ1) is 19.3. The minimum absolute atomic E-state index is 0.0260. The van der Waals surface area contributed by atoms with Gasteiger partial charge in [0.05, 0.1) is 24.8 Å². The number of rotatable bonds is 7. The first-order chi connectivity index (χ1) is 12.1. The van der Waals surface area contributed by atoms with Gasteiger partial charge >= 0.3 is 0 Å². The highest BCUT2D eigenvalue weighted by Gasteiger charge is 2.21. The number of benzene rings is 1. The average Bonchev–Trinajstić information content (AvgIpc) is 2.62. The van der Waals surface area contributed by atoms with Gasteiger partial charge in [-0.05, 0) is 19.1 Å². The van der Waals surface area contributed by atoms with E-state index in [1.54, 1.807) is 17.0 Å². The van der Waals surface area contributed by atoms with Gasteiger partial charge < -0.3 is 10.0 Å². The van der Waals surface area contributed by atoms with Gasteiger partial charge in [-0.1, -0.05) is 6.07 Å². The van der Waals surface area contributed by atoms with Crippen LogP contribution in [-0.2, 0) is 11.3 Å². The second kappa shape index (κ2) is 9.47.